The quantitative estimate of drug-likeness (QED) is 0.469. The molecule has 0 aliphatic rings. The summed E-state index contributed by atoms with van der Waals surface area (Å²) >= 11 is 0. The Kier molecular flexibility index (Phi) is 5.71. The van der Waals surface area contributed by atoms with Crippen LogP contribution >= 0.6 is 0 Å². The maximum Gasteiger partial charge on any atom is 0.306 e. The van der Waals surface area contributed by atoms with Crippen LogP contribution < -0.4 is 0 Å². The van der Waals surface area contributed by atoms with Crippen molar-refractivity contribution in [2.24, 2.45) is 0 Å². The first-order valence-corrected chi connectivity index (χ1v) is 8.35. The standard InChI is InChI=1S/C20H17FN2O4/c1-13-5-7-14(8-6-13)20-22-18(27-23-20)9-10-19(25)26-12-17(24)15-3-2-4-16(21)11-15/h2-8,11H,9-10,12H2,1H3. The third-order valence-corrected chi connectivity index (χ3v) is 3.83. The summed E-state index contributed by atoms with van der Waals surface area (Å²) in [6.45, 7) is 1.54. The highest BCUT2D eigenvalue weighted by Gasteiger charge is 2.13. The molecule has 6 nitrogen and oxygen atoms in total. The van der Waals surface area contributed by atoms with Gasteiger partial charge in [0.15, 0.2) is 12.4 Å². The van der Waals surface area contributed by atoms with E-state index in [2.05, 4.69) is 10.1 Å². The summed E-state index contributed by atoms with van der Waals surface area (Å²) in [7, 11) is 0. The number of benzene rings is 2. The number of hydrogen-bond acceptors (Lipinski definition) is 6. The van der Waals surface area contributed by atoms with Crippen LogP contribution in [0.1, 0.15) is 28.2 Å². The SMILES string of the molecule is Cc1ccc(-c2noc(CCC(=O)OCC(=O)c3cccc(F)c3)n2)cc1. The first-order chi connectivity index (χ1) is 13.0. The van der Waals surface area contributed by atoms with Crippen LogP contribution in [0.15, 0.2) is 53.1 Å². The van der Waals surface area contributed by atoms with Gasteiger partial charge in [-0.2, -0.15) is 4.98 Å². The van der Waals surface area contributed by atoms with Crippen molar-refractivity contribution in [3.63, 3.8) is 0 Å². The van der Waals surface area contributed by atoms with Crippen molar-refractivity contribution in [2.75, 3.05) is 6.61 Å². The van der Waals surface area contributed by atoms with E-state index >= 15 is 0 Å². The summed E-state index contributed by atoms with van der Waals surface area (Å²) in [4.78, 5) is 27.9. The van der Waals surface area contributed by atoms with Crippen molar-refractivity contribution >= 4 is 11.8 Å². The van der Waals surface area contributed by atoms with E-state index in [9.17, 15) is 14.0 Å². The van der Waals surface area contributed by atoms with Gasteiger partial charge in [-0.25, -0.2) is 4.39 Å². The molecule has 0 N–H and O–H groups in total. The summed E-state index contributed by atoms with van der Waals surface area (Å²) in [6.07, 6.45) is 0.192. The molecule has 0 saturated carbocycles. The minimum atomic E-state index is -0.574. The van der Waals surface area contributed by atoms with Crippen LogP contribution in [-0.4, -0.2) is 28.5 Å². The van der Waals surface area contributed by atoms with Gasteiger partial charge < -0.3 is 9.26 Å². The number of aromatic nitrogens is 2. The molecule has 0 saturated heterocycles. The highest BCUT2D eigenvalue weighted by Crippen LogP contribution is 2.17. The van der Waals surface area contributed by atoms with Crippen LogP contribution in [-0.2, 0) is 16.0 Å². The molecule has 2 aromatic carbocycles. The van der Waals surface area contributed by atoms with Gasteiger partial charge in [0.1, 0.15) is 5.82 Å². The monoisotopic (exact) mass is 368 g/mol. The topological polar surface area (TPSA) is 82.3 Å². The Bertz CT molecular complexity index is 951. The number of esters is 1. The van der Waals surface area contributed by atoms with Crippen LogP contribution in [0.3, 0.4) is 0 Å². The van der Waals surface area contributed by atoms with Crippen molar-refractivity contribution in [1.29, 1.82) is 0 Å². The van der Waals surface area contributed by atoms with E-state index in [4.69, 9.17) is 9.26 Å². The van der Waals surface area contributed by atoms with E-state index in [-0.39, 0.29) is 18.4 Å². The number of carbonyl (C=O) groups is 2. The number of rotatable bonds is 7. The minimum absolute atomic E-state index is 0.00797. The summed E-state index contributed by atoms with van der Waals surface area (Å²) in [5, 5.41) is 3.89. The normalized spacial score (nSPS) is 10.6. The Morgan fingerprint density at radius 3 is 2.67 bits per heavy atom. The Balaban J connectivity index is 1.48. The van der Waals surface area contributed by atoms with Crippen molar-refractivity contribution in [2.45, 2.75) is 19.8 Å². The summed E-state index contributed by atoms with van der Waals surface area (Å²) in [5.41, 5.74) is 2.10. The van der Waals surface area contributed by atoms with Gasteiger partial charge in [0.25, 0.3) is 0 Å². The summed E-state index contributed by atoms with van der Waals surface area (Å²) < 4.78 is 23.1. The molecule has 27 heavy (non-hydrogen) atoms. The van der Waals surface area contributed by atoms with Gasteiger partial charge in [-0.05, 0) is 19.1 Å². The largest absolute Gasteiger partial charge is 0.457 e. The first kappa shape index (κ1) is 18.4. The van der Waals surface area contributed by atoms with E-state index in [1.807, 2.05) is 31.2 Å². The Morgan fingerprint density at radius 1 is 1.15 bits per heavy atom. The van der Waals surface area contributed by atoms with Crippen molar-refractivity contribution in [3.8, 4) is 11.4 Å². The molecule has 0 spiro atoms. The van der Waals surface area contributed by atoms with Gasteiger partial charge in [0, 0.05) is 17.5 Å². The summed E-state index contributed by atoms with van der Waals surface area (Å²) in [6, 6.07) is 12.9. The molecular formula is C20H17FN2O4. The molecular weight excluding hydrogens is 351 g/mol. The van der Waals surface area contributed by atoms with Gasteiger partial charge in [-0.3, -0.25) is 9.59 Å². The third kappa shape index (κ3) is 5.07. The smallest absolute Gasteiger partial charge is 0.306 e. The molecule has 7 heteroatoms. The van der Waals surface area contributed by atoms with Crippen LogP contribution in [0.2, 0.25) is 0 Å². The number of Topliss-reactive ketones (excluding diaryl/α,β-unsaturated/α-hetero) is 1. The van der Waals surface area contributed by atoms with Crippen molar-refractivity contribution in [1.82, 2.24) is 10.1 Å². The predicted molar refractivity (Wildman–Crippen MR) is 94.5 cm³/mol. The molecule has 0 aliphatic heterocycles. The fraction of sp³-hybridized carbons (Fsp3) is 0.200. The lowest BCUT2D eigenvalue weighted by atomic mass is 10.1. The molecule has 3 aromatic rings. The molecule has 0 amide bonds. The molecule has 0 bridgehead atoms. The number of halogens is 1. The maximum absolute atomic E-state index is 13.1. The Hall–Kier alpha value is -3.35. The number of hydrogen-bond donors (Lipinski definition) is 0. The minimum Gasteiger partial charge on any atom is -0.457 e. The Morgan fingerprint density at radius 2 is 1.93 bits per heavy atom. The fourth-order valence-electron chi connectivity index (χ4n) is 2.35. The maximum atomic E-state index is 13.1. The highest BCUT2D eigenvalue weighted by molar-refractivity contribution is 5.97. The molecule has 0 unspecified atom stereocenters. The van der Waals surface area contributed by atoms with E-state index in [1.165, 1.54) is 18.2 Å². The first-order valence-electron chi connectivity index (χ1n) is 8.35. The number of carbonyl (C=O) groups excluding carboxylic acids is 2. The summed E-state index contributed by atoms with van der Waals surface area (Å²) in [5.74, 6) is -0.816. The molecule has 0 fully saturated rings. The average Bonchev–Trinajstić information content (AvgIpc) is 3.14. The highest BCUT2D eigenvalue weighted by atomic mass is 19.1. The second-order valence-corrected chi connectivity index (χ2v) is 5.97. The van der Waals surface area contributed by atoms with Crippen LogP contribution in [0.4, 0.5) is 4.39 Å². The molecule has 138 valence electrons. The second kappa shape index (κ2) is 8.35. The average molecular weight is 368 g/mol. The number of ketones is 1. The lowest BCUT2D eigenvalue weighted by Crippen LogP contribution is -2.14. The van der Waals surface area contributed by atoms with Crippen LogP contribution in [0, 0.1) is 12.7 Å². The molecule has 0 atom stereocenters. The van der Waals surface area contributed by atoms with Crippen molar-refractivity contribution in [3.05, 3.63) is 71.4 Å². The van der Waals surface area contributed by atoms with E-state index in [1.54, 1.807) is 0 Å². The molecule has 0 aliphatic carbocycles. The number of aryl methyl sites for hydroxylation is 2. The Labute approximate surface area is 155 Å². The number of ether oxygens (including phenoxy) is 1. The zero-order valence-electron chi connectivity index (χ0n) is 14.6. The molecule has 1 heterocycles. The van der Waals surface area contributed by atoms with Crippen molar-refractivity contribution < 1.29 is 23.2 Å². The van der Waals surface area contributed by atoms with E-state index in [0.717, 1.165) is 17.2 Å². The van der Waals surface area contributed by atoms with Gasteiger partial charge >= 0.3 is 5.97 Å². The number of nitrogens with zero attached hydrogens (tertiary/aromatic N) is 2. The zero-order chi connectivity index (χ0) is 19.2. The fourth-order valence-corrected chi connectivity index (χ4v) is 2.35. The van der Waals surface area contributed by atoms with Gasteiger partial charge in [-0.1, -0.05) is 47.1 Å². The molecule has 0 radical (unpaired) electrons. The third-order valence-electron chi connectivity index (χ3n) is 3.83. The lowest BCUT2D eigenvalue weighted by Gasteiger charge is -2.03. The lowest BCUT2D eigenvalue weighted by molar-refractivity contribution is -0.142. The van der Waals surface area contributed by atoms with Crippen LogP contribution in [0.5, 0.6) is 0 Å². The predicted octanol–water partition coefficient (Wildman–Crippen LogP) is 3.54. The second-order valence-electron chi connectivity index (χ2n) is 5.97. The molecule has 3 rings (SSSR count). The van der Waals surface area contributed by atoms with E-state index in [0.29, 0.717) is 11.7 Å². The van der Waals surface area contributed by atoms with Gasteiger partial charge in [0.2, 0.25) is 11.7 Å². The zero-order valence-corrected chi connectivity index (χ0v) is 14.6. The van der Waals surface area contributed by atoms with Gasteiger partial charge in [-0.15, -0.1) is 0 Å². The molecule has 1 aromatic heterocycles. The van der Waals surface area contributed by atoms with Gasteiger partial charge in [0.05, 0.1) is 6.42 Å². The van der Waals surface area contributed by atoms with Crippen LogP contribution in [0.25, 0.3) is 11.4 Å². The van der Waals surface area contributed by atoms with E-state index < -0.39 is 24.2 Å².